The van der Waals surface area contributed by atoms with Crippen LogP contribution in [-0.2, 0) is 18.4 Å². The zero-order valence-corrected chi connectivity index (χ0v) is 19.0. The van der Waals surface area contributed by atoms with Crippen molar-refractivity contribution in [1.82, 2.24) is 0 Å². The number of carbonyl (C=O) groups is 1. The molecule has 0 aliphatic carbocycles. The van der Waals surface area contributed by atoms with Crippen LogP contribution in [0.1, 0.15) is 55.4 Å². The average molecular weight is 439 g/mol. The highest BCUT2D eigenvalue weighted by Crippen LogP contribution is 2.24. The number of ether oxygens (including phenoxy) is 2. The fourth-order valence-corrected chi connectivity index (χ4v) is 11.6. The summed E-state index contributed by atoms with van der Waals surface area (Å²) in [5, 5.41) is 9.73. The monoisotopic (exact) mass is 438 g/mol. The van der Waals surface area contributed by atoms with Gasteiger partial charge in [-0.25, -0.2) is 4.79 Å². The first kappa shape index (κ1) is 35.0. The molecule has 1 unspecified atom stereocenters. The molecule has 1 atom stereocenters. The lowest BCUT2D eigenvalue weighted by atomic mass is 10.3. The number of carbonyl (C=O) groups excluding carboxylic acids is 1. The zero-order valence-electron chi connectivity index (χ0n) is 17.0. The van der Waals surface area contributed by atoms with E-state index in [1.807, 2.05) is 0 Å². The van der Waals surface area contributed by atoms with Gasteiger partial charge in [-0.3, -0.25) is 0 Å². The van der Waals surface area contributed by atoms with Gasteiger partial charge in [-0.1, -0.05) is 48.6 Å². The number of rotatable bonds is 14. The maximum atomic E-state index is 11.2. The molecule has 0 heterocycles. The Morgan fingerprint density at radius 2 is 1.50 bits per heavy atom. The molecule has 0 saturated carbocycles. The molecule has 0 saturated heterocycles. The van der Waals surface area contributed by atoms with Crippen molar-refractivity contribution in [3.63, 3.8) is 0 Å². The Labute approximate surface area is 178 Å². The lowest BCUT2D eigenvalue weighted by molar-refractivity contribution is -0.143. The molecular weight excluding hydrogens is 388 g/mol. The molecule has 1 N–H and O–H groups in total. The number of unbranched alkanes of at least 4 members (excludes halogenated alkanes) is 1. The molecule has 5 nitrogen and oxygen atoms in total. The number of esters is 1. The largest absolute Gasteiger partial charge is 0.460 e. The van der Waals surface area contributed by atoms with Crippen LogP contribution in [0.25, 0.3) is 0 Å². The topological polar surface area (TPSA) is 65.0 Å². The Hall–Kier alpha value is -0.476. The van der Waals surface area contributed by atoms with Crippen LogP contribution in [0.2, 0.25) is 38.3 Å². The van der Waals surface area contributed by atoms with Crippen molar-refractivity contribution < 1.29 is 23.5 Å². The van der Waals surface area contributed by atoms with Gasteiger partial charge in [0, 0.05) is 12.2 Å². The fraction of sp³-hybridized carbons (Fsp3) is 0.857. The number of hydrogen-bond donors (Lipinski definition) is 1. The normalized spacial score (nSPS) is 12.1. The molecule has 0 aromatic carbocycles. The van der Waals surface area contributed by atoms with Gasteiger partial charge < -0.3 is 18.7 Å². The molecule has 28 heavy (non-hydrogen) atoms. The van der Waals surface area contributed by atoms with Crippen molar-refractivity contribution in [2.45, 2.75) is 99.8 Å². The maximum Gasteiger partial charge on any atom is 0.333 e. The molecule has 0 spiro atoms. The number of aliphatic hydroxyl groups is 1. The highest BCUT2D eigenvalue weighted by molar-refractivity contribution is 6.84. The lowest BCUT2D eigenvalue weighted by Gasteiger charge is -2.34. The molecular formula is C21H50O5Si2. The summed E-state index contributed by atoms with van der Waals surface area (Å²) in [6, 6.07) is 2.28. The van der Waals surface area contributed by atoms with E-state index in [9.17, 15) is 9.90 Å². The summed E-state index contributed by atoms with van der Waals surface area (Å²) in [6.45, 7) is 17.2. The van der Waals surface area contributed by atoms with Crippen LogP contribution < -0.4 is 0 Å². The van der Waals surface area contributed by atoms with E-state index in [1.165, 1.54) is 18.9 Å². The quantitative estimate of drug-likeness (QED) is 0.156. The zero-order chi connectivity index (χ0) is 19.5. The van der Waals surface area contributed by atoms with E-state index in [-0.39, 0.29) is 35.5 Å². The van der Waals surface area contributed by atoms with Crippen LogP contribution in [-0.4, -0.2) is 53.6 Å². The van der Waals surface area contributed by atoms with Crippen LogP contribution in [0.4, 0.5) is 0 Å². The second kappa shape index (κ2) is 17.4. The molecule has 172 valence electrons. The van der Waals surface area contributed by atoms with E-state index in [0.29, 0.717) is 12.2 Å². The third-order valence-electron chi connectivity index (χ3n) is 3.82. The Bertz CT molecular complexity index is 412. The summed E-state index contributed by atoms with van der Waals surface area (Å²) >= 11 is 0. The Morgan fingerprint density at radius 1 is 1.00 bits per heavy atom. The van der Waals surface area contributed by atoms with E-state index in [2.05, 4.69) is 39.7 Å². The summed E-state index contributed by atoms with van der Waals surface area (Å²) in [5.74, 6) is -0.487. The fourth-order valence-electron chi connectivity index (χ4n) is 2.62. The molecule has 7 heteroatoms. The van der Waals surface area contributed by atoms with E-state index >= 15 is 0 Å². The number of aliphatic hydroxyl groups excluding tert-OH is 1. The van der Waals surface area contributed by atoms with Gasteiger partial charge in [0.15, 0.2) is 16.6 Å². The van der Waals surface area contributed by atoms with Gasteiger partial charge in [0.2, 0.25) is 0 Å². The summed E-state index contributed by atoms with van der Waals surface area (Å²) in [6.07, 6.45) is 2.60. The standard InChI is InChI=1S/C18H38O5Si2.3CH4/c1-8-9-12-24(4,5)23-25(6,7)13-10-11-21-14-17(19)15-22-18(20)16(2)3;;;/h17,19H,2,8-15H2,1,3-7H3;3*1H4. The van der Waals surface area contributed by atoms with Crippen molar-refractivity contribution in [2.24, 2.45) is 0 Å². The molecule has 0 aromatic heterocycles. The second-order valence-electron chi connectivity index (χ2n) is 7.94. The first-order valence-electron chi connectivity index (χ1n) is 9.27. The molecule has 0 radical (unpaired) electrons. The van der Waals surface area contributed by atoms with Gasteiger partial charge in [0.25, 0.3) is 0 Å². The molecule has 0 amide bonds. The minimum absolute atomic E-state index is 0. The van der Waals surface area contributed by atoms with Crippen molar-refractivity contribution in [3.8, 4) is 0 Å². The van der Waals surface area contributed by atoms with E-state index < -0.39 is 28.7 Å². The molecule has 0 aliphatic heterocycles. The SMILES string of the molecule is C.C.C.C=C(C)C(=O)OCC(O)COCCC[Si](C)(C)O[Si](C)(C)CCCC. The molecule has 0 aliphatic rings. The second-order valence-corrected chi connectivity index (χ2v) is 16.8. The summed E-state index contributed by atoms with van der Waals surface area (Å²) in [4.78, 5) is 11.2. The molecule has 0 aromatic rings. The molecule has 0 rings (SSSR count). The van der Waals surface area contributed by atoms with Crippen LogP contribution in [0.15, 0.2) is 12.2 Å². The first-order valence-corrected chi connectivity index (χ1v) is 15.5. The van der Waals surface area contributed by atoms with E-state index in [0.717, 1.165) is 12.5 Å². The summed E-state index contributed by atoms with van der Waals surface area (Å²) < 4.78 is 16.9. The van der Waals surface area contributed by atoms with Gasteiger partial charge in [-0.05, 0) is 51.6 Å². The minimum Gasteiger partial charge on any atom is -0.460 e. The first-order chi connectivity index (χ1) is 11.5. The van der Waals surface area contributed by atoms with Gasteiger partial charge in [0.05, 0.1) is 6.61 Å². The third-order valence-corrected chi connectivity index (χ3v) is 11.4. The number of hydrogen-bond acceptors (Lipinski definition) is 5. The maximum absolute atomic E-state index is 11.2. The minimum atomic E-state index is -1.67. The van der Waals surface area contributed by atoms with E-state index in [1.54, 1.807) is 6.92 Å². The lowest BCUT2D eigenvalue weighted by Crippen LogP contribution is -2.44. The summed E-state index contributed by atoms with van der Waals surface area (Å²) in [7, 11) is -3.22. The van der Waals surface area contributed by atoms with Crippen LogP contribution in [0, 0.1) is 0 Å². The van der Waals surface area contributed by atoms with Crippen molar-refractivity contribution >= 4 is 22.6 Å². The van der Waals surface area contributed by atoms with Crippen LogP contribution in [0.5, 0.6) is 0 Å². The van der Waals surface area contributed by atoms with Crippen molar-refractivity contribution in [1.29, 1.82) is 0 Å². The molecule has 0 bridgehead atoms. The van der Waals surface area contributed by atoms with Gasteiger partial charge >= 0.3 is 5.97 Å². The highest BCUT2D eigenvalue weighted by Gasteiger charge is 2.32. The predicted octanol–water partition coefficient (Wildman–Crippen LogP) is 6.01. The van der Waals surface area contributed by atoms with Crippen molar-refractivity contribution in [2.75, 3.05) is 19.8 Å². The van der Waals surface area contributed by atoms with E-state index in [4.69, 9.17) is 13.6 Å². The highest BCUT2D eigenvalue weighted by atomic mass is 28.4. The van der Waals surface area contributed by atoms with Gasteiger partial charge in [0.1, 0.15) is 12.7 Å². The Balaban J connectivity index is -0.000000960. The average Bonchev–Trinajstić information content (AvgIpc) is 2.48. The summed E-state index contributed by atoms with van der Waals surface area (Å²) in [5.41, 5.74) is 0.325. The van der Waals surface area contributed by atoms with Crippen LogP contribution >= 0.6 is 0 Å². The van der Waals surface area contributed by atoms with Crippen molar-refractivity contribution in [3.05, 3.63) is 12.2 Å². The van der Waals surface area contributed by atoms with Crippen LogP contribution in [0.3, 0.4) is 0 Å². The third kappa shape index (κ3) is 18.9. The predicted molar refractivity (Wildman–Crippen MR) is 128 cm³/mol. The van der Waals surface area contributed by atoms with Gasteiger partial charge in [-0.15, -0.1) is 0 Å². The smallest absolute Gasteiger partial charge is 0.333 e. The Kier molecular flexibility index (Phi) is 21.7. The molecule has 0 fully saturated rings. The Morgan fingerprint density at radius 3 is 1.96 bits per heavy atom. The van der Waals surface area contributed by atoms with Gasteiger partial charge in [-0.2, -0.15) is 0 Å².